The van der Waals surface area contributed by atoms with E-state index in [4.69, 9.17) is 0 Å². The lowest BCUT2D eigenvalue weighted by atomic mass is 9.90. The summed E-state index contributed by atoms with van der Waals surface area (Å²) in [6.45, 7) is 19.4. The van der Waals surface area contributed by atoms with Gasteiger partial charge in [0.25, 0.3) is 0 Å². The van der Waals surface area contributed by atoms with E-state index in [1.807, 2.05) is 14.0 Å². The van der Waals surface area contributed by atoms with Crippen LogP contribution < -0.4 is 5.32 Å². The Morgan fingerprint density at radius 1 is 1.17 bits per heavy atom. The Morgan fingerprint density at radius 3 is 2.53 bits per heavy atom. The molecule has 3 atom stereocenters. The number of nitrogens with one attached hydrogen (secondary N) is 2. The number of carbonyl (C=O) groups excluding carboxylic acids is 1. The van der Waals surface area contributed by atoms with Gasteiger partial charge in [-0.2, -0.15) is 0 Å². The van der Waals surface area contributed by atoms with E-state index in [-0.39, 0.29) is 11.7 Å². The zero-order valence-corrected chi connectivity index (χ0v) is 23.4. The third-order valence-electron chi connectivity index (χ3n) is 8.59. The van der Waals surface area contributed by atoms with Gasteiger partial charge in [-0.3, -0.25) is 4.79 Å². The van der Waals surface area contributed by atoms with E-state index in [1.54, 1.807) is 0 Å². The molecule has 3 heteroatoms. The van der Waals surface area contributed by atoms with Crippen LogP contribution in [0.4, 0.5) is 0 Å². The highest BCUT2D eigenvalue weighted by Crippen LogP contribution is 2.49. The van der Waals surface area contributed by atoms with Crippen LogP contribution >= 0.6 is 0 Å². The van der Waals surface area contributed by atoms with Crippen molar-refractivity contribution in [2.75, 3.05) is 7.05 Å². The molecule has 0 amide bonds. The monoisotopic (exact) mass is 482 g/mol. The Kier molecular flexibility index (Phi) is 7.31. The number of hydrogen-bond acceptors (Lipinski definition) is 2. The number of benzene rings is 1. The molecule has 2 aromatic rings. The minimum absolute atomic E-state index is 0.103. The molecule has 0 bridgehead atoms. The zero-order chi connectivity index (χ0) is 26.3. The van der Waals surface area contributed by atoms with Crippen molar-refractivity contribution < 1.29 is 4.79 Å². The van der Waals surface area contributed by atoms with Crippen LogP contribution in [0.3, 0.4) is 0 Å². The van der Waals surface area contributed by atoms with Crippen molar-refractivity contribution in [3.05, 3.63) is 87.2 Å². The quantitative estimate of drug-likeness (QED) is 0.389. The van der Waals surface area contributed by atoms with Crippen LogP contribution in [0.5, 0.6) is 0 Å². The Bertz CT molecular complexity index is 1360. The topological polar surface area (TPSA) is 44.9 Å². The van der Waals surface area contributed by atoms with E-state index in [9.17, 15) is 4.79 Å². The highest BCUT2D eigenvalue weighted by atomic mass is 16.1. The van der Waals surface area contributed by atoms with E-state index in [2.05, 4.69) is 88.8 Å². The molecule has 0 saturated carbocycles. The summed E-state index contributed by atoms with van der Waals surface area (Å²) in [6, 6.07) is 4.33. The van der Waals surface area contributed by atoms with Crippen molar-refractivity contribution in [1.29, 1.82) is 0 Å². The predicted molar refractivity (Wildman–Crippen MR) is 154 cm³/mol. The summed E-state index contributed by atoms with van der Waals surface area (Å²) in [4.78, 5) is 17.5. The Morgan fingerprint density at radius 2 is 1.89 bits per heavy atom. The van der Waals surface area contributed by atoms with Gasteiger partial charge in [0.05, 0.1) is 0 Å². The van der Waals surface area contributed by atoms with E-state index in [0.29, 0.717) is 11.8 Å². The Hall–Kier alpha value is -3.07. The van der Waals surface area contributed by atoms with Gasteiger partial charge in [-0.15, -0.1) is 0 Å². The molecule has 0 radical (unpaired) electrons. The van der Waals surface area contributed by atoms with Crippen molar-refractivity contribution in [1.82, 2.24) is 10.3 Å². The summed E-state index contributed by atoms with van der Waals surface area (Å²) < 4.78 is 0. The van der Waals surface area contributed by atoms with Crippen LogP contribution in [0.1, 0.15) is 95.0 Å². The normalized spacial score (nSPS) is 22.3. The molecule has 1 aromatic carbocycles. The molecule has 4 rings (SSSR count). The first-order valence-corrected chi connectivity index (χ1v) is 13.4. The predicted octanol–water partition coefficient (Wildman–Crippen LogP) is 8.41. The fourth-order valence-corrected chi connectivity index (χ4v) is 6.27. The molecule has 3 unspecified atom stereocenters. The van der Waals surface area contributed by atoms with Gasteiger partial charge < -0.3 is 10.3 Å². The van der Waals surface area contributed by atoms with Crippen molar-refractivity contribution in [3.8, 4) is 0 Å². The molecular formula is C33H42N2O. The lowest BCUT2D eigenvalue weighted by Crippen LogP contribution is -2.11. The van der Waals surface area contributed by atoms with E-state index in [1.165, 1.54) is 33.2 Å². The number of aromatic nitrogens is 1. The maximum Gasteiger partial charge on any atom is 0.166 e. The molecule has 0 saturated heterocycles. The van der Waals surface area contributed by atoms with Crippen LogP contribution in [0.2, 0.25) is 0 Å². The van der Waals surface area contributed by atoms with Crippen molar-refractivity contribution in [2.24, 2.45) is 5.92 Å². The van der Waals surface area contributed by atoms with Gasteiger partial charge in [-0.1, -0.05) is 49.8 Å². The SMILES string of the molecule is C=C(NC)c1c(C)[nH]c2ccc3c(c12)C(CC)CC3C(=O)/C(C)=C/C1=C(C)C(C)=CC(CC)C(C)=C1. The van der Waals surface area contributed by atoms with Gasteiger partial charge in [-0.25, -0.2) is 0 Å². The summed E-state index contributed by atoms with van der Waals surface area (Å²) in [7, 11) is 1.92. The summed E-state index contributed by atoms with van der Waals surface area (Å²) in [5.74, 6) is 0.966. The Balaban J connectivity index is 1.79. The fraction of sp³-hybridized carbons (Fsp3) is 0.424. The van der Waals surface area contributed by atoms with E-state index >= 15 is 0 Å². The molecule has 0 spiro atoms. The number of aryl methyl sites for hydroxylation is 1. The first kappa shape index (κ1) is 26.0. The second kappa shape index (κ2) is 10.1. The highest BCUT2D eigenvalue weighted by molar-refractivity contribution is 6.04. The lowest BCUT2D eigenvalue weighted by molar-refractivity contribution is -0.116. The molecule has 2 aliphatic carbocycles. The van der Waals surface area contributed by atoms with Gasteiger partial charge in [-0.05, 0) is 106 Å². The number of aromatic amines is 1. The highest BCUT2D eigenvalue weighted by Gasteiger charge is 2.37. The standard InChI is InChI=1S/C33H42N2O/c1-10-24-14-18(3)21(6)26(15-19(24)4)16-20(5)33(36)28-17-25(11-2)31-27(28)12-13-29-32(31)30(22(7)34-9)23(8)35-29/h12-16,24-25,28,34-35H,7,10-11,17H2,1-6,8-9H3/b20-16+. The van der Waals surface area contributed by atoms with Gasteiger partial charge in [0.15, 0.2) is 5.78 Å². The minimum Gasteiger partial charge on any atom is -0.388 e. The van der Waals surface area contributed by atoms with Crippen molar-refractivity contribution in [2.45, 2.75) is 79.6 Å². The zero-order valence-electron chi connectivity index (χ0n) is 23.4. The number of rotatable bonds is 7. The summed E-state index contributed by atoms with van der Waals surface area (Å²) >= 11 is 0. The van der Waals surface area contributed by atoms with Crippen LogP contribution in [0, 0.1) is 12.8 Å². The molecule has 3 nitrogen and oxygen atoms in total. The number of carbonyl (C=O) groups is 1. The smallest absolute Gasteiger partial charge is 0.166 e. The van der Waals surface area contributed by atoms with Gasteiger partial charge in [0.1, 0.15) is 0 Å². The summed E-state index contributed by atoms with van der Waals surface area (Å²) in [5.41, 5.74) is 12.8. The molecular weight excluding hydrogens is 440 g/mol. The maximum absolute atomic E-state index is 14.0. The molecule has 36 heavy (non-hydrogen) atoms. The molecule has 190 valence electrons. The summed E-state index contributed by atoms with van der Waals surface area (Å²) in [5, 5.41) is 4.48. The van der Waals surface area contributed by atoms with Crippen LogP contribution in [-0.4, -0.2) is 17.8 Å². The van der Waals surface area contributed by atoms with Crippen LogP contribution in [-0.2, 0) is 4.79 Å². The number of Topliss-reactive ketones (excluding diaryl/α,β-unsaturated/α-hetero) is 1. The number of allylic oxidation sites excluding steroid dienone is 8. The number of ketones is 1. The van der Waals surface area contributed by atoms with Crippen molar-refractivity contribution >= 4 is 22.4 Å². The minimum atomic E-state index is -0.103. The van der Waals surface area contributed by atoms with Gasteiger partial charge >= 0.3 is 0 Å². The Labute approximate surface area is 217 Å². The van der Waals surface area contributed by atoms with Crippen molar-refractivity contribution in [3.63, 3.8) is 0 Å². The average molecular weight is 483 g/mol. The molecule has 1 heterocycles. The number of fused-ring (bicyclic) bond motifs is 3. The molecule has 2 N–H and O–H groups in total. The van der Waals surface area contributed by atoms with Crippen LogP contribution in [0.15, 0.2) is 64.8 Å². The molecule has 1 aromatic heterocycles. The molecule has 0 fully saturated rings. The first-order valence-electron chi connectivity index (χ1n) is 13.4. The van der Waals surface area contributed by atoms with Gasteiger partial charge in [0, 0.05) is 40.8 Å². The average Bonchev–Trinajstić information content (AvgIpc) is 3.38. The third-order valence-corrected chi connectivity index (χ3v) is 8.59. The lowest BCUT2D eigenvalue weighted by Gasteiger charge is -2.13. The van der Waals surface area contributed by atoms with Gasteiger partial charge in [0.2, 0.25) is 0 Å². The van der Waals surface area contributed by atoms with Crippen LogP contribution in [0.25, 0.3) is 16.6 Å². The second-order valence-electron chi connectivity index (χ2n) is 10.8. The third kappa shape index (κ3) is 4.34. The van der Waals surface area contributed by atoms with E-state index < -0.39 is 0 Å². The maximum atomic E-state index is 14.0. The number of H-pyrrole nitrogens is 1. The van der Waals surface area contributed by atoms with E-state index in [0.717, 1.165) is 52.9 Å². The first-order chi connectivity index (χ1) is 17.1. The molecule has 2 aliphatic rings. The molecule has 0 aliphatic heterocycles. The summed E-state index contributed by atoms with van der Waals surface area (Å²) in [6.07, 6.45) is 9.76. The fourth-order valence-electron chi connectivity index (χ4n) is 6.27. The number of hydrogen-bond donors (Lipinski definition) is 2. The second-order valence-corrected chi connectivity index (χ2v) is 10.8. The largest absolute Gasteiger partial charge is 0.388 e.